The van der Waals surface area contributed by atoms with Crippen molar-refractivity contribution in [2.75, 3.05) is 0 Å². The first-order valence-electron chi connectivity index (χ1n) is 5.66. The fourth-order valence-electron chi connectivity index (χ4n) is 2.25. The normalized spacial score (nSPS) is 26.8. The molecule has 0 radical (unpaired) electrons. The summed E-state index contributed by atoms with van der Waals surface area (Å²) >= 11 is 0. The second-order valence-electron chi connectivity index (χ2n) is 4.51. The van der Waals surface area contributed by atoms with Gasteiger partial charge in [-0.05, 0) is 6.42 Å². The quantitative estimate of drug-likeness (QED) is 0.254. The molecule has 2 aliphatic rings. The summed E-state index contributed by atoms with van der Waals surface area (Å²) in [5, 5.41) is 18.4. The van der Waals surface area contributed by atoms with Crippen LogP contribution in [-0.2, 0) is 19.1 Å². The third-order valence-electron chi connectivity index (χ3n) is 3.22. The fraction of sp³-hybridized carbons (Fsp3) is 0.667. The summed E-state index contributed by atoms with van der Waals surface area (Å²) in [4.78, 5) is 12.3. The van der Waals surface area contributed by atoms with Gasteiger partial charge in [-0.3, -0.25) is 4.79 Å². The van der Waals surface area contributed by atoms with Crippen molar-refractivity contribution in [3.05, 3.63) is 11.5 Å². The van der Waals surface area contributed by atoms with Gasteiger partial charge in [-0.1, -0.05) is 0 Å². The van der Waals surface area contributed by atoms with Crippen LogP contribution in [0.2, 0.25) is 0 Å². The molecule has 0 spiro atoms. The van der Waals surface area contributed by atoms with E-state index in [-0.39, 0.29) is 12.8 Å². The monoisotopic (exact) mass is 332 g/mol. The van der Waals surface area contributed by atoms with E-state index in [4.69, 9.17) is 5.73 Å². The van der Waals surface area contributed by atoms with E-state index in [1.165, 1.54) is 0 Å². The Morgan fingerprint density at radius 3 is 2.43 bits per heavy atom. The van der Waals surface area contributed by atoms with Crippen LogP contribution in [0.25, 0.3) is 0 Å². The number of allylic oxidation sites excluding steroid dienone is 1. The number of alkyl halides is 3. The van der Waals surface area contributed by atoms with E-state index in [2.05, 4.69) is 4.18 Å². The average molecular weight is 332 g/mol. The van der Waals surface area contributed by atoms with Crippen molar-refractivity contribution in [2.24, 2.45) is 5.73 Å². The minimum absolute atomic E-state index is 0.0475. The highest BCUT2D eigenvalue weighted by Gasteiger charge is 2.54. The SMILES string of the molecule is NC1C(=O)N2C(C(O)O)=C(OS(=O)(=O)C(F)(F)F)CCC12. The number of fused-ring (bicyclic) bond motifs is 1. The van der Waals surface area contributed by atoms with E-state index in [1.54, 1.807) is 0 Å². The molecule has 2 atom stereocenters. The number of carbonyl (C=O) groups excluding carboxylic acids is 1. The second-order valence-corrected chi connectivity index (χ2v) is 6.04. The van der Waals surface area contributed by atoms with Gasteiger partial charge in [0.05, 0.1) is 6.04 Å². The van der Waals surface area contributed by atoms with Gasteiger partial charge < -0.3 is 25.0 Å². The number of rotatable bonds is 3. The predicted molar refractivity (Wildman–Crippen MR) is 59.2 cm³/mol. The second kappa shape index (κ2) is 4.83. The van der Waals surface area contributed by atoms with Crippen molar-refractivity contribution >= 4 is 16.0 Å². The molecule has 2 rings (SSSR count). The van der Waals surface area contributed by atoms with Crippen LogP contribution >= 0.6 is 0 Å². The van der Waals surface area contributed by atoms with Gasteiger partial charge in [0.2, 0.25) is 5.91 Å². The molecule has 1 amide bonds. The lowest BCUT2D eigenvalue weighted by atomic mass is 9.86. The number of amides is 1. The summed E-state index contributed by atoms with van der Waals surface area (Å²) in [6.45, 7) is 0. The van der Waals surface area contributed by atoms with Crippen molar-refractivity contribution < 1.29 is 40.8 Å². The summed E-state index contributed by atoms with van der Waals surface area (Å²) in [5.41, 5.74) is -0.935. The zero-order valence-electron chi connectivity index (χ0n) is 10.2. The minimum Gasteiger partial charge on any atom is -0.378 e. The summed E-state index contributed by atoms with van der Waals surface area (Å²) in [6, 6.07) is -1.55. The molecular formula is C9H11F3N2O6S. The summed E-state index contributed by atoms with van der Waals surface area (Å²) < 4.78 is 62.7. The van der Waals surface area contributed by atoms with Gasteiger partial charge >= 0.3 is 15.6 Å². The first kappa shape index (κ1) is 16.0. The number of nitrogens with two attached hydrogens (primary N) is 1. The first-order valence-corrected chi connectivity index (χ1v) is 7.07. The van der Waals surface area contributed by atoms with Crippen LogP contribution in [0.4, 0.5) is 13.2 Å². The Labute approximate surface area is 116 Å². The third kappa shape index (κ3) is 2.47. The lowest BCUT2D eigenvalue weighted by Gasteiger charge is -2.49. The number of aliphatic hydroxyl groups is 2. The largest absolute Gasteiger partial charge is 0.534 e. The standard InChI is InChI=1S/C9H11F3N2O6S/c10-9(11,12)21(18,19)20-4-2-1-3-5(13)7(15)14(3)6(4)8(16)17/h3,5,8,16-17H,1-2,13H2. The van der Waals surface area contributed by atoms with Gasteiger partial charge in [0.1, 0.15) is 17.5 Å². The topological polar surface area (TPSA) is 130 Å². The van der Waals surface area contributed by atoms with Gasteiger partial charge in [-0.15, -0.1) is 0 Å². The van der Waals surface area contributed by atoms with Crippen LogP contribution in [0.15, 0.2) is 11.5 Å². The molecule has 12 heteroatoms. The van der Waals surface area contributed by atoms with Gasteiger partial charge in [-0.25, -0.2) is 0 Å². The molecule has 0 aliphatic carbocycles. The highest BCUT2D eigenvalue weighted by Crippen LogP contribution is 2.39. The Kier molecular flexibility index (Phi) is 3.68. The number of nitrogens with zero attached hydrogens (tertiary/aromatic N) is 1. The molecule has 0 aromatic rings. The molecule has 0 bridgehead atoms. The molecule has 1 saturated heterocycles. The molecule has 8 nitrogen and oxygen atoms in total. The number of hydrogen-bond acceptors (Lipinski definition) is 7. The predicted octanol–water partition coefficient (Wildman–Crippen LogP) is -1.29. The van der Waals surface area contributed by atoms with E-state index in [0.717, 1.165) is 4.90 Å². The fourth-order valence-corrected chi connectivity index (χ4v) is 2.77. The molecular weight excluding hydrogens is 321 g/mol. The van der Waals surface area contributed by atoms with Gasteiger partial charge in [0.15, 0.2) is 6.29 Å². The molecule has 2 unspecified atom stereocenters. The molecule has 0 aromatic carbocycles. The van der Waals surface area contributed by atoms with Crippen LogP contribution < -0.4 is 5.73 Å². The molecule has 4 N–H and O–H groups in total. The molecule has 2 heterocycles. The third-order valence-corrected chi connectivity index (χ3v) is 4.21. The number of β-lactam (4-membered cyclic amide) rings is 1. The highest BCUT2D eigenvalue weighted by molar-refractivity contribution is 7.87. The Hall–Kier alpha value is -1.37. The van der Waals surface area contributed by atoms with E-state index in [1.807, 2.05) is 0 Å². The van der Waals surface area contributed by atoms with Crippen LogP contribution in [0.5, 0.6) is 0 Å². The molecule has 0 saturated carbocycles. The van der Waals surface area contributed by atoms with E-state index in [9.17, 15) is 36.6 Å². The minimum atomic E-state index is -5.96. The van der Waals surface area contributed by atoms with Crippen molar-refractivity contribution in [3.8, 4) is 0 Å². The summed E-state index contributed by atoms with van der Waals surface area (Å²) in [6.07, 6.45) is -2.65. The number of halogens is 3. The van der Waals surface area contributed by atoms with Crippen molar-refractivity contribution in [1.29, 1.82) is 0 Å². The average Bonchev–Trinajstić information content (AvgIpc) is 2.35. The highest BCUT2D eigenvalue weighted by atomic mass is 32.2. The number of carbonyl (C=O) groups is 1. The number of aliphatic hydroxyl groups excluding tert-OH is 1. The molecule has 1 fully saturated rings. The van der Waals surface area contributed by atoms with Crippen molar-refractivity contribution in [2.45, 2.75) is 36.7 Å². The van der Waals surface area contributed by atoms with E-state index in [0.29, 0.717) is 0 Å². The van der Waals surface area contributed by atoms with E-state index < -0.39 is 51.4 Å². The molecule has 2 aliphatic heterocycles. The van der Waals surface area contributed by atoms with Crippen molar-refractivity contribution in [1.82, 2.24) is 4.90 Å². The maximum atomic E-state index is 12.3. The van der Waals surface area contributed by atoms with Gasteiger partial charge in [-0.2, -0.15) is 21.6 Å². The zero-order chi connectivity index (χ0) is 16.2. The molecule has 0 aromatic heterocycles. The van der Waals surface area contributed by atoms with Gasteiger partial charge in [0, 0.05) is 6.42 Å². The Morgan fingerprint density at radius 1 is 1.38 bits per heavy atom. The zero-order valence-corrected chi connectivity index (χ0v) is 11.1. The lowest BCUT2D eigenvalue weighted by Crippen LogP contribution is -2.70. The Bertz CT molecular complexity index is 599. The van der Waals surface area contributed by atoms with Crippen LogP contribution in [0.3, 0.4) is 0 Å². The Balaban J connectivity index is 2.39. The molecule has 120 valence electrons. The van der Waals surface area contributed by atoms with Crippen LogP contribution in [-0.4, -0.2) is 53.3 Å². The van der Waals surface area contributed by atoms with Crippen molar-refractivity contribution in [3.63, 3.8) is 0 Å². The number of hydrogen-bond donors (Lipinski definition) is 3. The van der Waals surface area contributed by atoms with E-state index >= 15 is 0 Å². The van der Waals surface area contributed by atoms with Crippen LogP contribution in [0, 0.1) is 0 Å². The maximum absolute atomic E-state index is 12.3. The molecule has 21 heavy (non-hydrogen) atoms. The summed E-state index contributed by atoms with van der Waals surface area (Å²) in [7, 11) is -5.96. The maximum Gasteiger partial charge on any atom is 0.534 e. The lowest BCUT2D eigenvalue weighted by molar-refractivity contribution is -0.153. The van der Waals surface area contributed by atoms with Crippen LogP contribution in [0.1, 0.15) is 12.8 Å². The summed E-state index contributed by atoms with van der Waals surface area (Å²) in [5.74, 6) is -1.59. The van der Waals surface area contributed by atoms with Gasteiger partial charge in [0.25, 0.3) is 0 Å². The first-order chi connectivity index (χ1) is 9.47. The smallest absolute Gasteiger partial charge is 0.378 e. The Morgan fingerprint density at radius 2 is 1.95 bits per heavy atom.